The normalized spacial score (nSPS) is 11.8. The van der Waals surface area contributed by atoms with Gasteiger partial charge < -0.3 is 20.5 Å². The molecule has 6 heteroatoms. The van der Waals surface area contributed by atoms with Crippen LogP contribution in [0.15, 0.2) is 46.9 Å². The second-order valence-corrected chi connectivity index (χ2v) is 7.04. The number of aryl methyl sites for hydroxylation is 1. The number of ether oxygens (including phenoxy) is 1. The van der Waals surface area contributed by atoms with Crippen LogP contribution in [0.5, 0.6) is 5.75 Å². The molecule has 0 unspecified atom stereocenters. The summed E-state index contributed by atoms with van der Waals surface area (Å²) in [6.07, 6.45) is 0.833. The summed E-state index contributed by atoms with van der Waals surface area (Å²) in [7, 11) is 0. The van der Waals surface area contributed by atoms with Crippen molar-refractivity contribution in [2.45, 2.75) is 32.9 Å². The van der Waals surface area contributed by atoms with Crippen LogP contribution in [0.1, 0.15) is 24.5 Å². The van der Waals surface area contributed by atoms with Crippen LogP contribution in [0.3, 0.4) is 0 Å². The Balaban J connectivity index is 1.95. The van der Waals surface area contributed by atoms with E-state index in [4.69, 9.17) is 4.74 Å². The first kappa shape index (κ1) is 20.4. The molecule has 3 N–H and O–H groups in total. The van der Waals surface area contributed by atoms with Crippen LogP contribution < -0.4 is 15.4 Å². The number of aliphatic hydroxyl groups excluding tert-OH is 1. The lowest BCUT2D eigenvalue weighted by atomic mass is 10.1. The van der Waals surface area contributed by atoms with Crippen molar-refractivity contribution >= 4 is 27.5 Å². The summed E-state index contributed by atoms with van der Waals surface area (Å²) in [5.41, 5.74) is 2.81. The summed E-state index contributed by atoms with van der Waals surface area (Å²) in [5.74, 6) is 0.435. The third-order valence-corrected chi connectivity index (χ3v) is 4.50. The molecule has 0 heterocycles. The Morgan fingerprint density at radius 2 is 1.96 bits per heavy atom. The predicted octanol–water partition coefficient (Wildman–Crippen LogP) is 3.64. The van der Waals surface area contributed by atoms with Gasteiger partial charge >= 0.3 is 0 Å². The molecule has 26 heavy (non-hydrogen) atoms. The van der Waals surface area contributed by atoms with Gasteiger partial charge in [-0.05, 0) is 43.7 Å². The molecule has 2 rings (SSSR count). The zero-order chi connectivity index (χ0) is 18.9. The Bertz CT molecular complexity index is 715. The van der Waals surface area contributed by atoms with E-state index in [1.165, 1.54) is 0 Å². The van der Waals surface area contributed by atoms with Crippen LogP contribution in [-0.4, -0.2) is 30.3 Å². The smallest absolute Gasteiger partial charge is 0.262 e. The SMILES string of the molecule is CC[C@@H](CO)NCc1cc(Br)ccc1OCC(=O)Nc1ccc(C)cc1. The lowest BCUT2D eigenvalue weighted by Gasteiger charge is -2.17. The van der Waals surface area contributed by atoms with Crippen LogP contribution in [0.4, 0.5) is 5.69 Å². The van der Waals surface area contributed by atoms with Gasteiger partial charge in [0.15, 0.2) is 6.61 Å². The highest BCUT2D eigenvalue weighted by Gasteiger charge is 2.10. The topological polar surface area (TPSA) is 70.6 Å². The maximum atomic E-state index is 12.1. The molecule has 0 aromatic heterocycles. The Morgan fingerprint density at radius 3 is 2.62 bits per heavy atom. The maximum absolute atomic E-state index is 12.1. The first-order valence-electron chi connectivity index (χ1n) is 8.63. The van der Waals surface area contributed by atoms with Crippen molar-refractivity contribution in [1.29, 1.82) is 0 Å². The fourth-order valence-corrected chi connectivity index (χ4v) is 2.81. The van der Waals surface area contributed by atoms with Gasteiger partial charge in [0.05, 0.1) is 6.61 Å². The fourth-order valence-electron chi connectivity index (χ4n) is 2.40. The molecular weight excluding hydrogens is 396 g/mol. The van der Waals surface area contributed by atoms with Gasteiger partial charge in [0.2, 0.25) is 0 Å². The number of carbonyl (C=O) groups is 1. The molecule has 0 fully saturated rings. The molecule has 140 valence electrons. The van der Waals surface area contributed by atoms with Crippen molar-refractivity contribution in [2.24, 2.45) is 0 Å². The summed E-state index contributed by atoms with van der Waals surface area (Å²) in [6, 6.07) is 13.3. The van der Waals surface area contributed by atoms with Crippen LogP contribution in [0.25, 0.3) is 0 Å². The summed E-state index contributed by atoms with van der Waals surface area (Å²) in [4.78, 5) is 12.1. The van der Waals surface area contributed by atoms with Crippen molar-refractivity contribution in [2.75, 3.05) is 18.5 Å². The largest absolute Gasteiger partial charge is 0.483 e. The van der Waals surface area contributed by atoms with Crippen molar-refractivity contribution in [3.05, 3.63) is 58.1 Å². The summed E-state index contributed by atoms with van der Waals surface area (Å²) in [5, 5.41) is 15.4. The van der Waals surface area contributed by atoms with Crippen molar-refractivity contribution < 1.29 is 14.6 Å². The molecule has 0 bridgehead atoms. The third-order valence-electron chi connectivity index (χ3n) is 4.01. The quantitative estimate of drug-likeness (QED) is 0.578. The van der Waals surface area contributed by atoms with Crippen LogP contribution in [0, 0.1) is 6.92 Å². The number of aliphatic hydroxyl groups is 1. The number of halogens is 1. The highest BCUT2D eigenvalue weighted by atomic mass is 79.9. The second-order valence-electron chi connectivity index (χ2n) is 6.12. The highest BCUT2D eigenvalue weighted by Crippen LogP contribution is 2.23. The summed E-state index contributed by atoms with van der Waals surface area (Å²) in [6.45, 7) is 4.58. The number of amides is 1. The van der Waals surface area contributed by atoms with Gasteiger partial charge in [0.1, 0.15) is 5.75 Å². The minimum atomic E-state index is -0.211. The molecule has 5 nitrogen and oxygen atoms in total. The molecule has 1 amide bonds. The van der Waals surface area contributed by atoms with Gasteiger partial charge in [0.25, 0.3) is 5.91 Å². The molecule has 2 aromatic carbocycles. The van der Waals surface area contributed by atoms with Crippen molar-refractivity contribution in [1.82, 2.24) is 5.32 Å². The van der Waals surface area contributed by atoms with Crippen molar-refractivity contribution in [3.8, 4) is 5.75 Å². The van der Waals surface area contributed by atoms with E-state index in [0.717, 1.165) is 27.7 Å². The molecule has 0 aliphatic carbocycles. The van der Waals surface area contributed by atoms with Gasteiger partial charge in [-0.2, -0.15) is 0 Å². The van der Waals surface area contributed by atoms with Crippen molar-refractivity contribution in [3.63, 3.8) is 0 Å². The standard InChI is InChI=1S/C20H25BrN2O3/c1-3-17(12-24)22-11-15-10-16(21)6-9-19(15)26-13-20(25)23-18-7-4-14(2)5-8-18/h4-10,17,22,24H,3,11-13H2,1-2H3,(H,23,25)/t17-/m0/s1. The average molecular weight is 421 g/mol. The van der Waals surface area contributed by atoms with Crippen LogP contribution in [0.2, 0.25) is 0 Å². The molecule has 0 saturated carbocycles. The first-order valence-corrected chi connectivity index (χ1v) is 9.43. The molecule has 0 spiro atoms. The van der Waals surface area contributed by atoms with E-state index in [0.29, 0.717) is 12.3 Å². The molecule has 2 aromatic rings. The Hall–Kier alpha value is -1.89. The van der Waals surface area contributed by atoms with Gasteiger partial charge in [-0.3, -0.25) is 4.79 Å². The number of hydrogen-bond donors (Lipinski definition) is 3. The van der Waals surface area contributed by atoms with E-state index in [-0.39, 0.29) is 25.2 Å². The van der Waals surface area contributed by atoms with Gasteiger partial charge in [-0.25, -0.2) is 0 Å². The van der Waals surface area contributed by atoms with E-state index < -0.39 is 0 Å². The highest BCUT2D eigenvalue weighted by molar-refractivity contribution is 9.10. The molecule has 0 aliphatic rings. The zero-order valence-electron chi connectivity index (χ0n) is 15.1. The Morgan fingerprint density at radius 1 is 1.23 bits per heavy atom. The first-order chi connectivity index (χ1) is 12.5. The molecule has 0 saturated heterocycles. The molecular formula is C20H25BrN2O3. The predicted molar refractivity (Wildman–Crippen MR) is 107 cm³/mol. The second kappa shape index (κ2) is 10.3. The summed E-state index contributed by atoms with van der Waals surface area (Å²) >= 11 is 3.46. The van der Waals surface area contributed by atoms with Gasteiger partial charge in [-0.1, -0.05) is 40.5 Å². The monoisotopic (exact) mass is 420 g/mol. The van der Waals surface area contributed by atoms with Crippen LogP contribution in [-0.2, 0) is 11.3 Å². The Kier molecular flexibility index (Phi) is 8.09. The number of carbonyl (C=O) groups excluding carboxylic acids is 1. The third kappa shape index (κ3) is 6.44. The number of benzene rings is 2. The van der Waals surface area contributed by atoms with Crippen LogP contribution >= 0.6 is 15.9 Å². The summed E-state index contributed by atoms with van der Waals surface area (Å²) < 4.78 is 6.65. The number of rotatable bonds is 9. The molecule has 0 aliphatic heterocycles. The lowest BCUT2D eigenvalue weighted by Crippen LogP contribution is -2.31. The lowest BCUT2D eigenvalue weighted by molar-refractivity contribution is -0.118. The zero-order valence-corrected chi connectivity index (χ0v) is 16.7. The molecule has 0 radical (unpaired) electrons. The van der Waals surface area contributed by atoms with Gasteiger partial charge in [0, 0.05) is 28.3 Å². The molecule has 1 atom stereocenters. The van der Waals surface area contributed by atoms with Gasteiger partial charge in [-0.15, -0.1) is 0 Å². The van der Waals surface area contributed by atoms with E-state index in [1.54, 1.807) is 0 Å². The Labute approximate surface area is 162 Å². The van der Waals surface area contributed by atoms with E-state index >= 15 is 0 Å². The minimum Gasteiger partial charge on any atom is -0.483 e. The number of hydrogen-bond acceptors (Lipinski definition) is 4. The van der Waals surface area contributed by atoms with E-state index in [9.17, 15) is 9.90 Å². The maximum Gasteiger partial charge on any atom is 0.262 e. The van der Waals surface area contributed by atoms with E-state index in [1.807, 2.05) is 56.3 Å². The number of anilines is 1. The minimum absolute atomic E-state index is 0.0340. The number of nitrogens with one attached hydrogen (secondary N) is 2. The fraction of sp³-hybridized carbons (Fsp3) is 0.350. The van der Waals surface area contributed by atoms with E-state index in [2.05, 4.69) is 26.6 Å². The average Bonchev–Trinajstić information content (AvgIpc) is 2.64.